The van der Waals surface area contributed by atoms with Crippen LogP contribution in [0.4, 0.5) is 0 Å². The first-order valence-corrected chi connectivity index (χ1v) is 7.22. The van der Waals surface area contributed by atoms with Crippen molar-refractivity contribution in [2.75, 3.05) is 6.54 Å². The maximum absolute atomic E-state index is 2.57. The lowest BCUT2D eigenvalue weighted by molar-refractivity contribution is 0.173. The molecule has 0 amide bonds. The highest BCUT2D eigenvalue weighted by Gasteiger charge is 2.11. The van der Waals surface area contributed by atoms with E-state index in [4.69, 9.17) is 0 Å². The van der Waals surface area contributed by atoms with Gasteiger partial charge in [0.2, 0.25) is 0 Å². The maximum Gasteiger partial charge on any atom is 0.00412 e. The molecule has 2 heteroatoms. The van der Waals surface area contributed by atoms with E-state index >= 15 is 0 Å². The third-order valence-corrected chi connectivity index (χ3v) is 3.37. The lowest BCUT2D eigenvalue weighted by atomic mass is 10.1. The predicted octanol–water partition coefficient (Wildman–Crippen LogP) is 3.51. The lowest BCUT2D eigenvalue weighted by Crippen LogP contribution is -2.37. The molecule has 0 fully saturated rings. The van der Waals surface area contributed by atoms with Crippen LogP contribution in [0.3, 0.4) is 0 Å². The van der Waals surface area contributed by atoms with Crippen LogP contribution in [-0.2, 0) is 6.42 Å². The number of benzene rings is 1. The van der Waals surface area contributed by atoms with Crippen LogP contribution in [0.25, 0.3) is 0 Å². The van der Waals surface area contributed by atoms with Gasteiger partial charge in [-0.15, -0.1) is 0 Å². The van der Waals surface area contributed by atoms with E-state index in [0.717, 1.165) is 6.42 Å². The SMILES string of the molecule is CC(C)N(CCC[CH]Cc1ccccc1)C(C)C.O. The molecule has 1 radical (unpaired) electrons. The molecule has 0 saturated carbocycles. The number of rotatable bonds is 8. The molecule has 0 heterocycles. The van der Waals surface area contributed by atoms with Gasteiger partial charge >= 0.3 is 0 Å². The minimum Gasteiger partial charge on any atom is -0.412 e. The van der Waals surface area contributed by atoms with E-state index in [1.54, 1.807) is 0 Å². The smallest absolute Gasteiger partial charge is 0.00412 e. The Kier molecular flexibility index (Phi) is 9.54. The molecule has 0 saturated heterocycles. The van der Waals surface area contributed by atoms with Gasteiger partial charge in [0, 0.05) is 12.1 Å². The highest BCUT2D eigenvalue weighted by atomic mass is 16.0. The first kappa shape index (κ1) is 18.1. The average molecular weight is 264 g/mol. The summed E-state index contributed by atoms with van der Waals surface area (Å²) in [5.74, 6) is 0. The van der Waals surface area contributed by atoms with Crippen LogP contribution in [0.15, 0.2) is 30.3 Å². The van der Waals surface area contributed by atoms with Gasteiger partial charge in [-0.2, -0.15) is 0 Å². The van der Waals surface area contributed by atoms with Gasteiger partial charge in [-0.1, -0.05) is 30.3 Å². The fourth-order valence-corrected chi connectivity index (χ4v) is 2.41. The summed E-state index contributed by atoms with van der Waals surface area (Å²) in [6.45, 7) is 10.4. The molecular formula is C17H30NO. The second-order valence-corrected chi connectivity index (χ2v) is 5.55. The van der Waals surface area contributed by atoms with Crippen molar-refractivity contribution in [1.29, 1.82) is 0 Å². The molecule has 0 atom stereocenters. The van der Waals surface area contributed by atoms with Gasteiger partial charge in [-0.3, -0.25) is 4.90 Å². The fraction of sp³-hybridized carbons (Fsp3) is 0.588. The zero-order valence-electron chi connectivity index (χ0n) is 12.9. The summed E-state index contributed by atoms with van der Waals surface area (Å²) in [6.07, 6.45) is 5.99. The van der Waals surface area contributed by atoms with Crippen LogP contribution < -0.4 is 0 Å². The van der Waals surface area contributed by atoms with Crippen molar-refractivity contribution in [3.05, 3.63) is 42.3 Å². The summed E-state index contributed by atoms with van der Waals surface area (Å²) >= 11 is 0. The monoisotopic (exact) mass is 264 g/mol. The van der Waals surface area contributed by atoms with Crippen molar-refractivity contribution in [2.24, 2.45) is 0 Å². The number of hydrogen-bond donors (Lipinski definition) is 0. The van der Waals surface area contributed by atoms with Crippen LogP contribution in [0.2, 0.25) is 0 Å². The third kappa shape index (κ3) is 7.34. The summed E-state index contributed by atoms with van der Waals surface area (Å²) in [7, 11) is 0. The predicted molar refractivity (Wildman–Crippen MR) is 84.3 cm³/mol. The van der Waals surface area contributed by atoms with Crippen molar-refractivity contribution in [1.82, 2.24) is 4.90 Å². The first-order chi connectivity index (χ1) is 8.61. The fourth-order valence-electron chi connectivity index (χ4n) is 2.41. The summed E-state index contributed by atoms with van der Waals surface area (Å²) in [5, 5.41) is 0. The van der Waals surface area contributed by atoms with Crippen LogP contribution in [0, 0.1) is 6.42 Å². The van der Waals surface area contributed by atoms with E-state index in [9.17, 15) is 0 Å². The van der Waals surface area contributed by atoms with Crippen molar-refractivity contribution in [2.45, 2.75) is 59.0 Å². The molecule has 1 aromatic rings. The van der Waals surface area contributed by atoms with E-state index in [1.165, 1.54) is 24.9 Å². The highest BCUT2D eigenvalue weighted by Crippen LogP contribution is 2.09. The molecule has 0 spiro atoms. The molecule has 1 aromatic carbocycles. The second kappa shape index (κ2) is 9.99. The van der Waals surface area contributed by atoms with E-state index in [0.29, 0.717) is 12.1 Å². The molecule has 2 N–H and O–H groups in total. The molecule has 109 valence electrons. The van der Waals surface area contributed by atoms with Crippen molar-refractivity contribution in [3.8, 4) is 0 Å². The summed E-state index contributed by atoms with van der Waals surface area (Å²) in [4.78, 5) is 2.57. The van der Waals surface area contributed by atoms with Gasteiger partial charge in [0.05, 0.1) is 0 Å². The molecule has 0 bridgehead atoms. The Morgan fingerprint density at radius 2 is 1.58 bits per heavy atom. The minimum absolute atomic E-state index is 0. The molecule has 0 aliphatic rings. The average Bonchev–Trinajstić information content (AvgIpc) is 2.34. The molecule has 0 aliphatic carbocycles. The van der Waals surface area contributed by atoms with Crippen LogP contribution >= 0.6 is 0 Å². The normalized spacial score (nSPS) is 11.1. The van der Waals surface area contributed by atoms with Crippen molar-refractivity contribution >= 4 is 0 Å². The Morgan fingerprint density at radius 3 is 2.11 bits per heavy atom. The Labute approximate surface area is 119 Å². The van der Waals surface area contributed by atoms with Crippen molar-refractivity contribution < 1.29 is 5.48 Å². The second-order valence-electron chi connectivity index (χ2n) is 5.55. The zero-order chi connectivity index (χ0) is 13.4. The Hall–Kier alpha value is -0.860. The van der Waals surface area contributed by atoms with Gasteiger partial charge in [0.1, 0.15) is 0 Å². The molecule has 0 aromatic heterocycles. The topological polar surface area (TPSA) is 34.7 Å². The summed E-state index contributed by atoms with van der Waals surface area (Å²) in [6, 6.07) is 12.0. The van der Waals surface area contributed by atoms with Gasteiger partial charge in [-0.25, -0.2) is 0 Å². The number of hydrogen-bond acceptors (Lipinski definition) is 1. The minimum atomic E-state index is 0. The van der Waals surface area contributed by atoms with Crippen LogP contribution in [0.5, 0.6) is 0 Å². The van der Waals surface area contributed by atoms with Gasteiger partial charge in [-0.05, 0) is 65.5 Å². The molecular weight excluding hydrogens is 234 g/mol. The quantitative estimate of drug-likeness (QED) is 0.662. The summed E-state index contributed by atoms with van der Waals surface area (Å²) < 4.78 is 0. The highest BCUT2D eigenvalue weighted by molar-refractivity contribution is 5.16. The Morgan fingerprint density at radius 1 is 1.00 bits per heavy atom. The molecule has 2 nitrogen and oxygen atoms in total. The zero-order valence-corrected chi connectivity index (χ0v) is 12.9. The van der Waals surface area contributed by atoms with E-state index in [1.807, 2.05) is 0 Å². The van der Waals surface area contributed by atoms with E-state index in [2.05, 4.69) is 69.3 Å². The lowest BCUT2D eigenvalue weighted by Gasteiger charge is -2.30. The van der Waals surface area contributed by atoms with Crippen LogP contribution in [0.1, 0.15) is 46.1 Å². The van der Waals surface area contributed by atoms with Gasteiger partial charge in [0.15, 0.2) is 0 Å². The molecule has 1 rings (SSSR count). The Balaban J connectivity index is 0.00000324. The third-order valence-electron chi connectivity index (χ3n) is 3.37. The van der Waals surface area contributed by atoms with Crippen molar-refractivity contribution in [3.63, 3.8) is 0 Å². The first-order valence-electron chi connectivity index (χ1n) is 7.22. The Bertz CT molecular complexity index is 300. The standard InChI is InChI=1S/C17H28N.H2O/c1-15(2)18(16(3)4)14-10-6-9-13-17-11-7-5-8-12-17;/h5,7-9,11-12,15-16H,6,10,13-14H2,1-4H3;1H2. The van der Waals surface area contributed by atoms with E-state index < -0.39 is 0 Å². The number of unbranched alkanes of at least 4 members (excludes halogenated alkanes) is 2. The van der Waals surface area contributed by atoms with Crippen LogP contribution in [-0.4, -0.2) is 29.0 Å². The summed E-state index contributed by atoms with van der Waals surface area (Å²) in [5.41, 5.74) is 1.42. The number of nitrogens with zero attached hydrogens (tertiary/aromatic N) is 1. The maximum atomic E-state index is 2.57. The molecule has 0 unspecified atom stereocenters. The molecule has 19 heavy (non-hydrogen) atoms. The molecule has 0 aliphatic heterocycles. The largest absolute Gasteiger partial charge is 0.412 e. The van der Waals surface area contributed by atoms with Gasteiger partial charge < -0.3 is 5.48 Å². The van der Waals surface area contributed by atoms with Gasteiger partial charge in [0.25, 0.3) is 0 Å². The van der Waals surface area contributed by atoms with E-state index in [-0.39, 0.29) is 5.48 Å².